The molecule has 1 rings (SSSR count). The van der Waals surface area contributed by atoms with Gasteiger partial charge in [-0.25, -0.2) is 21.9 Å². The second-order valence-corrected chi connectivity index (χ2v) is 6.19. The second-order valence-electron chi connectivity index (χ2n) is 4.53. The van der Waals surface area contributed by atoms with Crippen LogP contribution in [0.15, 0.2) is 23.1 Å². The molecule has 0 aromatic heterocycles. The topological polar surface area (TPSA) is 66.4 Å². The van der Waals surface area contributed by atoms with E-state index in [4.69, 9.17) is 5.11 Å². The summed E-state index contributed by atoms with van der Waals surface area (Å²) in [6, 6.07) is 2.27. The molecular formula is C12H17F2NO3S. The maximum Gasteiger partial charge on any atom is 0.246 e. The van der Waals surface area contributed by atoms with Crippen molar-refractivity contribution in [1.82, 2.24) is 4.72 Å². The molecule has 0 radical (unpaired) electrons. The Morgan fingerprint density at radius 3 is 2.21 bits per heavy atom. The van der Waals surface area contributed by atoms with E-state index in [0.717, 1.165) is 18.2 Å². The molecule has 0 saturated carbocycles. The lowest BCUT2D eigenvalue weighted by Crippen LogP contribution is -2.39. The molecule has 1 atom stereocenters. The van der Waals surface area contributed by atoms with Crippen LogP contribution >= 0.6 is 0 Å². The fourth-order valence-electron chi connectivity index (χ4n) is 1.66. The highest BCUT2D eigenvalue weighted by Gasteiger charge is 2.27. The van der Waals surface area contributed by atoms with Crippen molar-refractivity contribution in [2.45, 2.75) is 31.2 Å². The van der Waals surface area contributed by atoms with Gasteiger partial charge >= 0.3 is 0 Å². The number of halogens is 2. The molecule has 0 heterocycles. The monoisotopic (exact) mass is 293 g/mol. The molecule has 0 spiro atoms. The van der Waals surface area contributed by atoms with Crippen LogP contribution in [-0.2, 0) is 10.0 Å². The van der Waals surface area contributed by atoms with E-state index < -0.39 is 32.6 Å². The maximum atomic E-state index is 13.5. The Balaban J connectivity index is 3.10. The molecule has 0 aliphatic rings. The summed E-state index contributed by atoms with van der Waals surface area (Å²) in [7, 11) is -4.30. The van der Waals surface area contributed by atoms with Crippen LogP contribution in [0.25, 0.3) is 0 Å². The van der Waals surface area contributed by atoms with Crippen molar-refractivity contribution in [3.05, 3.63) is 29.8 Å². The van der Waals surface area contributed by atoms with Crippen molar-refractivity contribution in [2.75, 3.05) is 6.61 Å². The number of hydrogen-bond donors (Lipinski definition) is 2. The highest BCUT2D eigenvalue weighted by molar-refractivity contribution is 7.89. The van der Waals surface area contributed by atoms with E-state index in [1.165, 1.54) is 0 Å². The minimum atomic E-state index is -4.30. The molecule has 108 valence electrons. The second kappa shape index (κ2) is 6.40. The lowest BCUT2D eigenvalue weighted by Gasteiger charge is -2.21. The van der Waals surface area contributed by atoms with Crippen LogP contribution in [0, 0.1) is 17.6 Å². The van der Waals surface area contributed by atoms with E-state index in [-0.39, 0.29) is 18.9 Å². The minimum absolute atomic E-state index is 0.114. The molecule has 0 fully saturated rings. The Labute approximate surface area is 111 Å². The van der Waals surface area contributed by atoms with E-state index in [0.29, 0.717) is 0 Å². The van der Waals surface area contributed by atoms with Gasteiger partial charge in [0, 0.05) is 12.6 Å². The van der Waals surface area contributed by atoms with Gasteiger partial charge in [0.25, 0.3) is 0 Å². The predicted octanol–water partition coefficient (Wildman–Crippen LogP) is 1.65. The summed E-state index contributed by atoms with van der Waals surface area (Å²) in [5.41, 5.74) is 0. The summed E-state index contributed by atoms with van der Waals surface area (Å²) in [5.74, 6) is -2.39. The van der Waals surface area contributed by atoms with E-state index >= 15 is 0 Å². The maximum absolute atomic E-state index is 13.5. The smallest absolute Gasteiger partial charge is 0.246 e. The molecule has 0 aliphatic carbocycles. The Hall–Kier alpha value is -1.05. The highest BCUT2D eigenvalue weighted by atomic mass is 32.2. The number of aliphatic hydroxyl groups is 1. The zero-order chi connectivity index (χ0) is 14.6. The van der Waals surface area contributed by atoms with Crippen molar-refractivity contribution in [1.29, 1.82) is 0 Å². The summed E-state index contributed by atoms with van der Waals surface area (Å²) in [4.78, 5) is -0.987. The van der Waals surface area contributed by atoms with Crippen molar-refractivity contribution in [2.24, 2.45) is 5.92 Å². The molecule has 1 unspecified atom stereocenters. The van der Waals surface area contributed by atoms with E-state index in [2.05, 4.69) is 4.72 Å². The Morgan fingerprint density at radius 1 is 1.26 bits per heavy atom. The molecule has 4 nitrogen and oxygen atoms in total. The van der Waals surface area contributed by atoms with Gasteiger partial charge < -0.3 is 5.11 Å². The number of aliphatic hydroxyl groups excluding tert-OH is 1. The number of nitrogens with one attached hydrogen (secondary N) is 1. The Morgan fingerprint density at radius 2 is 1.79 bits per heavy atom. The molecule has 0 amide bonds. The SMILES string of the molecule is CC(C)C(CCO)NS(=O)(=O)c1c(F)cccc1F. The molecule has 2 N–H and O–H groups in total. The van der Waals surface area contributed by atoms with E-state index in [1.54, 1.807) is 13.8 Å². The Bertz CT molecular complexity index is 512. The molecule has 0 saturated heterocycles. The van der Waals surface area contributed by atoms with Crippen molar-refractivity contribution in [3.8, 4) is 0 Å². The first kappa shape index (κ1) is 16.0. The quantitative estimate of drug-likeness (QED) is 0.838. The third kappa shape index (κ3) is 3.95. The largest absolute Gasteiger partial charge is 0.396 e. The fourth-order valence-corrected chi connectivity index (χ4v) is 3.22. The van der Waals surface area contributed by atoms with Gasteiger partial charge in [-0.15, -0.1) is 0 Å². The number of sulfonamides is 1. The molecular weight excluding hydrogens is 276 g/mol. The molecule has 0 bridgehead atoms. The standard InChI is InChI=1S/C12H17F2NO3S/c1-8(2)11(6-7-16)15-19(17,18)12-9(13)4-3-5-10(12)14/h3-5,8,11,15-16H,6-7H2,1-2H3. The predicted molar refractivity (Wildman–Crippen MR) is 67.0 cm³/mol. The van der Waals surface area contributed by atoms with Gasteiger partial charge in [0.15, 0.2) is 4.90 Å². The van der Waals surface area contributed by atoms with Gasteiger partial charge in [0.2, 0.25) is 10.0 Å². The summed E-state index contributed by atoms with van der Waals surface area (Å²) in [6.45, 7) is 3.28. The first-order valence-electron chi connectivity index (χ1n) is 5.86. The van der Waals surface area contributed by atoms with Crippen LogP contribution in [0.5, 0.6) is 0 Å². The fraction of sp³-hybridized carbons (Fsp3) is 0.500. The lowest BCUT2D eigenvalue weighted by atomic mass is 10.0. The average molecular weight is 293 g/mol. The van der Waals surface area contributed by atoms with Crippen LogP contribution in [0.3, 0.4) is 0 Å². The van der Waals surface area contributed by atoms with Gasteiger partial charge in [0.1, 0.15) is 11.6 Å². The summed E-state index contributed by atoms with van der Waals surface area (Å²) < 4.78 is 53.2. The lowest BCUT2D eigenvalue weighted by molar-refractivity contribution is 0.255. The molecule has 19 heavy (non-hydrogen) atoms. The van der Waals surface area contributed by atoms with Gasteiger partial charge in [-0.05, 0) is 24.5 Å². The zero-order valence-electron chi connectivity index (χ0n) is 10.7. The number of hydrogen-bond acceptors (Lipinski definition) is 3. The van der Waals surface area contributed by atoms with E-state index in [9.17, 15) is 17.2 Å². The number of benzene rings is 1. The molecule has 1 aromatic carbocycles. The first-order chi connectivity index (χ1) is 8.79. The van der Waals surface area contributed by atoms with Crippen LogP contribution in [0.4, 0.5) is 8.78 Å². The molecule has 7 heteroatoms. The summed E-state index contributed by atoms with van der Waals surface area (Å²) in [5, 5.41) is 8.88. The summed E-state index contributed by atoms with van der Waals surface area (Å²) in [6.07, 6.45) is 0.174. The van der Waals surface area contributed by atoms with Crippen LogP contribution in [0.2, 0.25) is 0 Å². The minimum Gasteiger partial charge on any atom is -0.396 e. The van der Waals surface area contributed by atoms with Crippen LogP contribution in [-0.4, -0.2) is 26.2 Å². The third-order valence-electron chi connectivity index (χ3n) is 2.74. The van der Waals surface area contributed by atoms with Gasteiger partial charge in [-0.1, -0.05) is 19.9 Å². The molecule has 1 aromatic rings. The number of rotatable bonds is 6. The third-order valence-corrected chi connectivity index (χ3v) is 4.28. The highest BCUT2D eigenvalue weighted by Crippen LogP contribution is 2.19. The van der Waals surface area contributed by atoms with Crippen molar-refractivity contribution in [3.63, 3.8) is 0 Å². The first-order valence-corrected chi connectivity index (χ1v) is 7.35. The average Bonchev–Trinajstić information content (AvgIpc) is 2.27. The van der Waals surface area contributed by atoms with E-state index in [1.807, 2.05) is 0 Å². The zero-order valence-corrected chi connectivity index (χ0v) is 11.5. The normalized spacial score (nSPS) is 13.8. The summed E-state index contributed by atoms with van der Waals surface area (Å²) >= 11 is 0. The van der Waals surface area contributed by atoms with Crippen molar-refractivity contribution >= 4 is 10.0 Å². The van der Waals surface area contributed by atoms with Gasteiger partial charge in [-0.2, -0.15) is 0 Å². The molecule has 0 aliphatic heterocycles. The van der Waals surface area contributed by atoms with Gasteiger partial charge in [0.05, 0.1) is 0 Å². The van der Waals surface area contributed by atoms with Crippen LogP contribution < -0.4 is 4.72 Å². The van der Waals surface area contributed by atoms with Gasteiger partial charge in [-0.3, -0.25) is 0 Å². The van der Waals surface area contributed by atoms with Crippen LogP contribution in [0.1, 0.15) is 20.3 Å². The Kier molecular flexibility index (Phi) is 5.39. The van der Waals surface area contributed by atoms with Crippen molar-refractivity contribution < 1.29 is 22.3 Å².